The number of hydrogen-bond donors (Lipinski definition) is 0. The Hall–Kier alpha value is -0.510. The van der Waals surface area contributed by atoms with Crippen LogP contribution in [-0.2, 0) is 0 Å². The van der Waals surface area contributed by atoms with Crippen LogP contribution in [0.1, 0.15) is 19.3 Å². The zero-order valence-corrected chi connectivity index (χ0v) is 12.4. The van der Waals surface area contributed by atoms with Crippen molar-refractivity contribution in [2.45, 2.75) is 30.2 Å². The highest BCUT2D eigenvalue weighted by Gasteiger charge is 2.28. The number of hydrogen-bond acceptors (Lipinski definition) is 3. The van der Waals surface area contributed by atoms with Crippen molar-refractivity contribution in [2.24, 2.45) is 0 Å². The van der Waals surface area contributed by atoms with Gasteiger partial charge in [0.05, 0.1) is 0 Å². The molecule has 0 N–H and O–H groups in total. The van der Waals surface area contributed by atoms with Gasteiger partial charge in [-0.15, -0.1) is 11.8 Å². The van der Waals surface area contributed by atoms with E-state index in [0.717, 1.165) is 6.04 Å². The molecule has 1 aromatic rings. The minimum atomic E-state index is 0.851. The van der Waals surface area contributed by atoms with Crippen molar-refractivity contribution in [3.63, 3.8) is 0 Å². The van der Waals surface area contributed by atoms with Crippen LogP contribution in [0.15, 0.2) is 35.2 Å². The Balaban J connectivity index is 1.44. The predicted molar refractivity (Wildman–Crippen MR) is 82.8 cm³/mol. The summed E-state index contributed by atoms with van der Waals surface area (Å²) >= 11 is 1.99. The fourth-order valence-electron chi connectivity index (χ4n) is 3.30. The average Bonchev–Trinajstić information content (AvgIpc) is 2.79. The molecular formula is C16H24N2S. The van der Waals surface area contributed by atoms with Gasteiger partial charge in [0.1, 0.15) is 0 Å². The summed E-state index contributed by atoms with van der Waals surface area (Å²) in [6.45, 7) is 6.51. The minimum absolute atomic E-state index is 0.851. The minimum Gasteiger partial charge on any atom is -0.301 e. The second-order valence-corrected chi connectivity index (χ2v) is 6.82. The van der Waals surface area contributed by atoms with Crippen LogP contribution in [0.5, 0.6) is 0 Å². The predicted octanol–water partition coefficient (Wildman–Crippen LogP) is 2.95. The molecule has 2 saturated heterocycles. The molecule has 0 bridgehead atoms. The Kier molecular flexibility index (Phi) is 4.81. The van der Waals surface area contributed by atoms with Crippen molar-refractivity contribution in [2.75, 3.05) is 38.5 Å². The number of benzene rings is 1. The fraction of sp³-hybridized carbons (Fsp3) is 0.625. The molecule has 0 aromatic heterocycles. The summed E-state index contributed by atoms with van der Waals surface area (Å²) in [6.07, 6.45) is 4.19. The summed E-state index contributed by atoms with van der Waals surface area (Å²) in [5.41, 5.74) is 0. The van der Waals surface area contributed by atoms with E-state index >= 15 is 0 Å². The standard InChI is InChI=1S/C16H24N2S/c1-2-7-16(8-3-1)19-13-12-17-9-5-11-18-10-4-6-15(18)14-17/h1-3,7-8,15H,4-6,9-14H2. The summed E-state index contributed by atoms with van der Waals surface area (Å²) in [7, 11) is 0. The van der Waals surface area contributed by atoms with Crippen LogP contribution < -0.4 is 0 Å². The normalized spacial score (nSPS) is 25.2. The van der Waals surface area contributed by atoms with Gasteiger partial charge in [0.15, 0.2) is 0 Å². The van der Waals surface area contributed by atoms with E-state index < -0.39 is 0 Å². The molecule has 0 aliphatic carbocycles. The summed E-state index contributed by atoms with van der Waals surface area (Å²) in [5.74, 6) is 1.22. The van der Waals surface area contributed by atoms with E-state index in [0.29, 0.717) is 0 Å². The lowest BCUT2D eigenvalue weighted by atomic mass is 10.2. The first-order valence-corrected chi connectivity index (χ1v) is 8.54. The van der Waals surface area contributed by atoms with E-state index in [-0.39, 0.29) is 0 Å². The fourth-order valence-corrected chi connectivity index (χ4v) is 4.23. The monoisotopic (exact) mass is 276 g/mol. The van der Waals surface area contributed by atoms with E-state index in [1.807, 2.05) is 11.8 Å². The van der Waals surface area contributed by atoms with Gasteiger partial charge in [0.25, 0.3) is 0 Å². The molecule has 1 atom stereocenters. The summed E-state index contributed by atoms with van der Waals surface area (Å²) in [5, 5.41) is 0. The molecule has 2 fully saturated rings. The second-order valence-electron chi connectivity index (χ2n) is 5.65. The molecule has 2 aliphatic rings. The topological polar surface area (TPSA) is 6.48 Å². The molecule has 2 heterocycles. The summed E-state index contributed by atoms with van der Waals surface area (Å²) in [6, 6.07) is 11.6. The van der Waals surface area contributed by atoms with Crippen LogP contribution in [0.3, 0.4) is 0 Å². The number of thioether (sulfide) groups is 1. The first kappa shape index (κ1) is 13.5. The molecule has 3 rings (SSSR count). The lowest BCUT2D eigenvalue weighted by Crippen LogP contribution is -2.37. The van der Waals surface area contributed by atoms with Crippen LogP contribution in [0.4, 0.5) is 0 Å². The van der Waals surface area contributed by atoms with Gasteiger partial charge in [-0.05, 0) is 51.0 Å². The van der Waals surface area contributed by atoms with E-state index in [4.69, 9.17) is 0 Å². The van der Waals surface area contributed by atoms with Gasteiger partial charge in [-0.1, -0.05) is 18.2 Å². The van der Waals surface area contributed by atoms with Crippen molar-refractivity contribution in [1.29, 1.82) is 0 Å². The van der Waals surface area contributed by atoms with Gasteiger partial charge in [0.2, 0.25) is 0 Å². The molecule has 1 unspecified atom stereocenters. The highest BCUT2D eigenvalue weighted by atomic mass is 32.2. The lowest BCUT2D eigenvalue weighted by Gasteiger charge is -2.25. The number of rotatable bonds is 4. The van der Waals surface area contributed by atoms with E-state index in [2.05, 4.69) is 40.1 Å². The van der Waals surface area contributed by atoms with Gasteiger partial charge >= 0.3 is 0 Å². The van der Waals surface area contributed by atoms with Gasteiger partial charge in [0, 0.05) is 29.8 Å². The molecule has 19 heavy (non-hydrogen) atoms. The quantitative estimate of drug-likeness (QED) is 0.781. The molecule has 0 amide bonds. The SMILES string of the molecule is c1ccc(SCCN2CCCN3CCCC3C2)cc1. The number of fused-ring (bicyclic) bond motifs is 1. The van der Waals surface area contributed by atoms with Crippen LogP contribution in [0.2, 0.25) is 0 Å². The average molecular weight is 276 g/mol. The Morgan fingerprint density at radius 2 is 1.89 bits per heavy atom. The van der Waals surface area contributed by atoms with Gasteiger partial charge < -0.3 is 4.90 Å². The molecular weight excluding hydrogens is 252 g/mol. The van der Waals surface area contributed by atoms with Gasteiger partial charge in [-0.25, -0.2) is 0 Å². The van der Waals surface area contributed by atoms with E-state index in [9.17, 15) is 0 Å². The zero-order chi connectivity index (χ0) is 12.9. The third kappa shape index (κ3) is 3.74. The molecule has 104 valence electrons. The van der Waals surface area contributed by atoms with Gasteiger partial charge in [-0.3, -0.25) is 4.90 Å². The van der Waals surface area contributed by atoms with Crippen LogP contribution >= 0.6 is 11.8 Å². The number of nitrogens with zero attached hydrogens (tertiary/aromatic N) is 2. The molecule has 2 aliphatic heterocycles. The smallest absolute Gasteiger partial charge is 0.0223 e. The zero-order valence-electron chi connectivity index (χ0n) is 11.6. The Labute approximate surface area is 121 Å². The summed E-state index contributed by atoms with van der Waals surface area (Å²) in [4.78, 5) is 6.80. The van der Waals surface area contributed by atoms with E-state index in [1.165, 1.54) is 62.6 Å². The third-order valence-corrected chi connectivity index (χ3v) is 5.30. The first-order chi connectivity index (χ1) is 9.42. The van der Waals surface area contributed by atoms with Crippen LogP contribution in [0.25, 0.3) is 0 Å². The maximum Gasteiger partial charge on any atom is 0.0223 e. The van der Waals surface area contributed by atoms with Crippen molar-refractivity contribution in [3.8, 4) is 0 Å². The maximum absolute atomic E-state index is 2.71. The molecule has 0 saturated carbocycles. The highest BCUT2D eigenvalue weighted by Crippen LogP contribution is 2.22. The molecule has 0 radical (unpaired) electrons. The molecule has 0 spiro atoms. The first-order valence-electron chi connectivity index (χ1n) is 7.56. The van der Waals surface area contributed by atoms with Crippen molar-refractivity contribution < 1.29 is 0 Å². The van der Waals surface area contributed by atoms with E-state index in [1.54, 1.807) is 0 Å². The molecule has 1 aromatic carbocycles. The van der Waals surface area contributed by atoms with Crippen LogP contribution in [-0.4, -0.2) is 54.3 Å². The Morgan fingerprint density at radius 3 is 2.79 bits per heavy atom. The molecule has 2 nitrogen and oxygen atoms in total. The highest BCUT2D eigenvalue weighted by molar-refractivity contribution is 7.99. The summed E-state index contributed by atoms with van der Waals surface area (Å²) < 4.78 is 0. The third-order valence-electron chi connectivity index (χ3n) is 4.31. The molecule has 3 heteroatoms. The largest absolute Gasteiger partial charge is 0.301 e. The van der Waals surface area contributed by atoms with Crippen molar-refractivity contribution >= 4 is 11.8 Å². The lowest BCUT2D eigenvalue weighted by molar-refractivity contribution is 0.227. The Morgan fingerprint density at radius 1 is 1.05 bits per heavy atom. The second kappa shape index (κ2) is 6.78. The van der Waals surface area contributed by atoms with Crippen LogP contribution in [0, 0.1) is 0 Å². The Bertz CT molecular complexity index is 382. The van der Waals surface area contributed by atoms with Crippen molar-refractivity contribution in [1.82, 2.24) is 9.80 Å². The van der Waals surface area contributed by atoms with Crippen molar-refractivity contribution in [3.05, 3.63) is 30.3 Å². The van der Waals surface area contributed by atoms with Gasteiger partial charge in [-0.2, -0.15) is 0 Å². The maximum atomic E-state index is 2.71.